The van der Waals surface area contributed by atoms with Gasteiger partial charge in [0.25, 0.3) is 0 Å². The summed E-state index contributed by atoms with van der Waals surface area (Å²) in [6, 6.07) is 1.92. The zero-order chi connectivity index (χ0) is 13.1. The molecule has 0 aromatic carbocycles. The molecule has 98 valence electrons. The van der Waals surface area contributed by atoms with Crippen LogP contribution in [0.25, 0.3) is 0 Å². The monoisotopic (exact) mass is 265 g/mol. The largest absolute Gasteiger partial charge is 0.493 e. The summed E-state index contributed by atoms with van der Waals surface area (Å²) < 4.78 is 7.32. The zero-order valence-corrected chi connectivity index (χ0v) is 11.8. The molecule has 0 amide bonds. The summed E-state index contributed by atoms with van der Waals surface area (Å²) in [7, 11) is 1.66. The first-order valence-electron chi connectivity index (χ1n) is 6.08. The van der Waals surface area contributed by atoms with Crippen molar-refractivity contribution in [2.24, 2.45) is 5.73 Å². The zero-order valence-electron chi connectivity index (χ0n) is 11.0. The van der Waals surface area contributed by atoms with Gasteiger partial charge in [0.1, 0.15) is 5.69 Å². The second-order valence-corrected chi connectivity index (χ2v) is 5.21. The van der Waals surface area contributed by atoms with E-state index >= 15 is 0 Å². The molecule has 0 aliphatic heterocycles. The van der Waals surface area contributed by atoms with Crippen molar-refractivity contribution in [3.8, 4) is 5.75 Å². The fraction of sp³-hybridized carbons (Fsp3) is 0.462. The van der Waals surface area contributed by atoms with Crippen molar-refractivity contribution in [2.75, 3.05) is 7.11 Å². The lowest BCUT2D eigenvalue weighted by molar-refractivity contribution is 0.404. The summed E-state index contributed by atoms with van der Waals surface area (Å²) in [6.45, 7) is 5.06. The van der Waals surface area contributed by atoms with Gasteiger partial charge in [0.2, 0.25) is 0 Å². The summed E-state index contributed by atoms with van der Waals surface area (Å²) in [6.07, 6.45) is 2.77. The van der Waals surface area contributed by atoms with Crippen LogP contribution in [-0.2, 0) is 6.54 Å². The maximum absolute atomic E-state index is 6.38. The van der Waals surface area contributed by atoms with Gasteiger partial charge in [-0.1, -0.05) is 6.92 Å². The van der Waals surface area contributed by atoms with Gasteiger partial charge in [-0.05, 0) is 30.4 Å². The number of nitrogens with zero attached hydrogens (tertiary/aromatic N) is 2. The van der Waals surface area contributed by atoms with Crippen LogP contribution >= 0.6 is 11.3 Å². The van der Waals surface area contributed by atoms with Crippen LogP contribution in [0.3, 0.4) is 0 Å². The highest BCUT2D eigenvalue weighted by molar-refractivity contribution is 7.10. The molecule has 1 atom stereocenters. The molecule has 0 radical (unpaired) electrons. The van der Waals surface area contributed by atoms with E-state index in [1.54, 1.807) is 24.6 Å². The number of aryl methyl sites for hydroxylation is 2. The Morgan fingerprint density at radius 3 is 2.89 bits per heavy atom. The van der Waals surface area contributed by atoms with Crippen molar-refractivity contribution in [1.29, 1.82) is 0 Å². The Labute approximate surface area is 111 Å². The number of rotatable bonds is 5. The molecule has 2 rings (SSSR count). The third-order valence-corrected chi connectivity index (χ3v) is 4.08. The standard InChI is InChI=1S/C13H19N3OS/c1-4-6-16-12(10(17-3)8-15-16)11(14)13-9(2)5-7-18-13/h5,7-8,11H,4,6,14H2,1-3H3. The summed E-state index contributed by atoms with van der Waals surface area (Å²) in [5, 5.41) is 6.42. The molecule has 5 heteroatoms. The number of hydrogen-bond donors (Lipinski definition) is 1. The number of ether oxygens (including phenoxy) is 1. The topological polar surface area (TPSA) is 53.1 Å². The van der Waals surface area contributed by atoms with Gasteiger partial charge in [-0.25, -0.2) is 0 Å². The Balaban J connectivity index is 2.42. The van der Waals surface area contributed by atoms with Crippen molar-refractivity contribution >= 4 is 11.3 Å². The van der Waals surface area contributed by atoms with E-state index in [4.69, 9.17) is 10.5 Å². The van der Waals surface area contributed by atoms with Crippen LogP contribution in [0, 0.1) is 6.92 Å². The molecule has 18 heavy (non-hydrogen) atoms. The van der Waals surface area contributed by atoms with Crippen LogP contribution in [-0.4, -0.2) is 16.9 Å². The van der Waals surface area contributed by atoms with Gasteiger partial charge in [-0.2, -0.15) is 5.10 Å². The first-order valence-corrected chi connectivity index (χ1v) is 6.96. The molecule has 1 unspecified atom stereocenters. The van der Waals surface area contributed by atoms with E-state index in [2.05, 4.69) is 30.4 Å². The fourth-order valence-corrected chi connectivity index (χ4v) is 3.00. The second-order valence-electron chi connectivity index (χ2n) is 4.27. The number of nitrogens with two attached hydrogens (primary N) is 1. The minimum atomic E-state index is -0.172. The lowest BCUT2D eigenvalue weighted by atomic mass is 10.1. The molecular weight excluding hydrogens is 246 g/mol. The number of hydrogen-bond acceptors (Lipinski definition) is 4. The van der Waals surface area contributed by atoms with E-state index in [1.165, 1.54) is 10.4 Å². The molecule has 0 saturated heterocycles. The van der Waals surface area contributed by atoms with E-state index < -0.39 is 0 Å². The molecule has 4 nitrogen and oxygen atoms in total. The van der Waals surface area contributed by atoms with E-state index in [9.17, 15) is 0 Å². The van der Waals surface area contributed by atoms with Crippen LogP contribution in [0.1, 0.15) is 35.5 Å². The second kappa shape index (κ2) is 5.54. The Morgan fingerprint density at radius 1 is 1.56 bits per heavy atom. The van der Waals surface area contributed by atoms with Crippen LogP contribution < -0.4 is 10.5 Å². The molecule has 0 spiro atoms. The normalized spacial score (nSPS) is 12.7. The van der Waals surface area contributed by atoms with Gasteiger partial charge in [-0.3, -0.25) is 4.68 Å². The lowest BCUT2D eigenvalue weighted by Gasteiger charge is -2.15. The molecule has 0 bridgehead atoms. The van der Waals surface area contributed by atoms with Gasteiger partial charge >= 0.3 is 0 Å². The Bertz CT molecular complexity index is 518. The predicted molar refractivity (Wildman–Crippen MR) is 74.2 cm³/mol. The van der Waals surface area contributed by atoms with Gasteiger partial charge in [0.05, 0.1) is 19.3 Å². The van der Waals surface area contributed by atoms with Crippen molar-refractivity contribution in [1.82, 2.24) is 9.78 Å². The molecule has 0 fully saturated rings. The highest BCUT2D eigenvalue weighted by Crippen LogP contribution is 2.32. The molecule has 2 heterocycles. The molecule has 0 saturated carbocycles. The average molecular weight is 265 g/mol. The molecule has 0 aliphatic rings. The molecule has 2 N–H and O–H groups in total. The first-order chi connectivity index (χ1) is 8.69. The maximum Gasteiger partial charge on any atom is 0.161 e. The van der Waals surface area contributed by atoms with Crippen molar-refractivity contribution in [2.45, 2.75) is 32.9 Å². The van der Waals surface area contributed by atoms with Crippen molar-refractivity contribution < 1.29 is 4.74 Å². The van der Waals surface area contributed by atoms with Crippen LogP contribution in [0.2, 0.25) is 0 Å². The van der Waals surface area contributed by atoms with Crippen LogP contribution in [0.4, 0.5) is 0 Å². The summed E-state index contributed by atoms with van der Waals surface area (Å²) in [5.41, 5.74) is 8.57. The fourth-order valence-electron chi connectivity index (χ4n) is 2.07. The van der Waals surface area contributed by atoms with Crippen molar-refractivity contribution in [3.63, 3.8) is 0 Å². The van der Waals surface area contributed by atoms with Gasteiger partial charge in [0.15, 0.2) is 5.75 Å². The minimum absolute atomic E-state index is 0.172. The molecule has 2 aromatic heterocycles. The van der Waals surface area contributed by atoms with E-state index in [-0.39, 0.29) is 6.04 Å². The quantitative estimate of drug-likeness (QED) is 0.904. The van der Waals surface area contributed by atoms with Gasteiger partial charge < -0.3 is 10.5 Å². The van der Waals surface area contributed by atoms with E-state index in [0.717, 1.165) is 24.4 Å². The minimum Gasteiger partial charge on any atom is -0.493 e. The smallest absolute Gasteiger partial charge is 0.161 e. The number of aromatic nitrogens is 2. The third-order valence-electron chi connectivity index (χ3n) is 2.98. The van der Waals surface area contributed by atoms with Gasteiger partial charge in [-0.15, -0.1) is 11.3 Å². The van der Waals surface area contributed by atoms with Gasteiger partial charge in [0, 0.05) is 11.4 Å². The Morgan fingerprint density at radius 2 is 2.33 bits per heavy atom. The maximum atomic E-state index is 6.38. The SMILES string of the molecule is CCCn1ncc(OC)c1C(N)c1sccc1C. The predicted octanol–water partition coefficient (Wildman–Crippen LogP) is 2.72. The molecular formula is C13H19N3OS. The lowest BCUT2D eigenvalue weighted by Crippen LogP contribution is -2.18. The first kappa shape index (κ1) is 13.1. The molecule has 2 aromatic rings. The van der Waals surface area contributed by atoms with Crippen LogP contribution in [0.5, 0.6) is 5.75 Å². The Kier molecular flexibility index (Phi) is 4.04. The summed E-state index contributed by atoms with van der Waals surface area (Å²) in [4.78, 5) is 1.17. The highest BCUT2D eigenvalue weighted by Gasteiger charge is 2.22. The number of thiophene rings is 1. The number of methoxy groups -OCH3 is 1. The third kappa shape index (κ3) is 2.28. The Hall–Kier alpha value is -1.33. The van der Waals surface area contributed by atoms with E-state index in [1.807, 2.05) is 4.68 Å². The van der Waals surface area contributed by atoms with Crippen LogP contribution in [0.15, 0.2) is 17.6 Å². The average Bonchev–Trinajstić information content (AvgIpc) is 2.95. The molecule has 0 aliphatic carbocycles. The van der Waals surface area contributed by atoms with Crippen molar-refractivity contribution in [3.05, 3.63) is 33.8 Å². The summed E-state index contributed by atoms with van der Waals surface area (Å²) >= 11 is 1.68. The van der Waals surface area contributed by atoms with E-state index in [0.29, 0.717) is 0 Å². The summed E-state index contributed by atoms with van der Waals surface area (Å²) in [5.74, 6) is 0.767. The highest BCUT2D eigenvalue weighted by atomic mass is 32.1.